The molecule has 0 radical (unpaired) electrons. The van der Waals surface area contributed by atoms with E-state index in [1.165, 1.54) is 0 Å². The van der Waals surface area contributed by atoms with Crippen molar-refractivity contribution >= 4 is 29.0 Å². The summed E-state index contributed by atoms with van der Waals surface area (Å²) in [4.78, 5) is 16.5. The summed E-state index contributed by atoms with van der Waals surface area (Å²) in [6, 6.07) is 16.0. The van der Waals surface area contributed by atoms with Crippen LogP contribution in [0, 0.1) is 0 Å². The Bertz CT molecular complexity index is 729. The van der Waals surface area contributed by atoms with E-state index >= 15 is 0 Å². The van der Waals surface area contributed by atoms with Crippen LogP contribution >= 0.6 is 0 Å². The Morgan fingerprint density at radius 1 is 0.880 bits per heavy atom. The van der Waals surface area contributed by atoms with Crippen molar-refractivity contribution in [1.29, 1.82) is 0 Å². The number of nitrogens with zero attached hydrogens (tertiary/aromatic N) is 2. The monoisotopic (exact) mass is 338 g/mol. The molecule has 0 unspecified atom stereocenters. The zero-order chi connectivity index (χ0) is 18.4. The Labute approximate surface area is 150 Å². The number of anilines is 2. The fourth-order valence-electron chi connectivity index (χ4n) is 2.44. The molecular weight excluding hydrogens is 312 g/mol. The summed E-state index contributed by atoms with van der Waals surface area (Å²) in [5.41, 5.74) is 4.57. The van der Waals surface area contributed by atoms with E-state index in [-0.39, 0.29) is 5.97 Å². The summed E-state index contributed by atoms with van der Waals surface area (Å²) in [5, 5.41) is 0. The van der Waals surface area contributed by atoms with Crippen LogP contribution in [0.5, 0.6) is 0 Å². The Balaban J connectivity index is 2.39. The summed E-state index contributed by atoms with van der Waals surface area (Å²) in [7, 11) is 7.98. The van der Waals surface area contributed by atoms with Crippen molar-refractivity contribution in [3.05, 3.63) is 59.7 Å². The zero-order valence-electron chi connectivity index (χ0n) is 15.6. The van der Waals surface area contributed by atoms with E-state index in [1.54, 1.807) is 0 Å². The first-order chi connectivity index (χ1) is 11.9. The van der Waals surface area contributed by atoms with Crippen molar-refractivity contribution < 1.29 is 9.53 Å². The van der Waals surface area contributed by atoms with Gasteiger partial charge < -0.3 is 14.5 Å². The van der Waals surface area contributed by atoms with Gasteiger partial charge in [-0.2, -0.15) is 0 Å². The second kappa shape index (κ2) is 8.38. The summed E-state index contributed by atoms with van der Waals surface area (Å²) in [6.45, 7) is 2.17. The lowest BCUT2D eigenvalue weighted by Crippen LogP contribution is -2.10. The molecule has 0 aliphatic rings. The zero-order valence-corrected chi connectivity index (χ0v) is 15.6. The molecule has 132 valence electrons. The van der Waals surface area contributed by atoms with E-state index in [2.05, 4.69) is 0 Å². The summed E-state index contributed by atoms with van der Waals surface area (Å²) in [5.74, 6) is -0.309. The third-order valence-electron chi connectivity index (χ3n) is 3.91. The Kier molecular flexibility index (Phi) is 6.23. The Morgan fingerprint density at radius 2 is 1.36 bits per heavy atom. The molecule has 0 saturated carbocycles. The number of hydrogen-bond donors (Lipinski definition) is 0. The lowest BCUT2D eigenvalue weighted by Gasteiger charge is -2.14. The SMILES string of the molecule is CCOC(=O)/C(=C/c1ccc(N(C)C)cc1)c1ccc(N(C)C)cc1. The molecule has 2 rings (SSSR count). The van der Waals surface area contributed by atoms with E-state index in [4.69, 9.17) is 4.74 Å². The molecule has 0 aliphatic carbocycles. The summed E-state index contributed by atoms with van der Waals surface area (Å²) < 4.78 is 5.24. The first-order valence-electron chi connectivity index (χ1n) is 8.36. The third kappa shape index (κ3) is 4.86. The van der Waals surface area contributed by atoms with Crippen LogP contribution in [0.2, 0.25) is 0 Å². The molecule has 0 N–H and O–H groups in total. The van der Waals surface area contributed by atoms with Crippen LogP contribution in [0.4, 0.5) is 11.4 Å². The number of hydrogen-bond acceptors (Lipinski definition) is 4. The van der Waals surface area contributed by atoms with E-state index < -0.39 is 0 Å². The van der Waals surface area contributed by atoms with E-state index in [1.807, 2.05) is 99.5 Å². The third-order valence-corrected chi connectivity index (χ3v) is 3.91. The van der Waals surface area contributed by atoms with Gasteiger partial charge in [0.25, 0.3) is 0 Å². The first kappa shape index (κ1) is 18.6. The minimum absolute atomic E-state index is 0.309. The van der Waals surface area contributed by atoms with Crippen LogP contribution in [0.25, 0.3) is 11.6 Å². The summed E-state index contributed by atoms with van der Waals surface area (Å²) in [6.07, 6.45) is 1.88. The molecule has 0 aromatic heterocycles. The molecule has 0 fully saturated rings. The van der Waals surface area contributed by atoms with Crippen LogP contribution in [-0.4, -0.2) is 40.8 Å². The molecule has 2 aromatic rings. The van der Waals surface area contributed by atoms with Crippen LogP contribution in [0.1, 0.15) is 18.1 Å². The maximum atomic E-state index is 12.4. The predicted molar refractivity (Wildman–Crippen MR) is 106 cm³/mol. The van der Waals surface area contributed by atoms with E-state index in [9.17, 15) is 4.79 Å². The largest absolute Gasteiger partial charge is 0.462 e. The average Bonchev–Trinajstić information content (AvgIpc) is 2.60. The number of benzene rings is 2. The number of esters is 1. The van der Waals surface area contributed by atoms with Crippen LogP contribution in [0.15, 0.2) is 48.5 Å². The maximum absolute atomic E-state index is 12.4. The van der Waals surface area contributed by atoms with E-state index in [0.717, 1.165) is 22.5 Å². The van der Waals surface area contributed by atoms with Crippen molar-refractivity contribution in [1.82, 2.24) is 0 Å². The van der Waals surface area contributed by atoms with E-state index in [0.29, 0.717) is 12.2 Å². The highest BCUT2D eigenvalue weighted by atomic mass is 16.5. The summed E-state index contributed by atoms with van der Waals surface area (Å²) >= 11 is 0. The normalized spacial score (nSPS) is 11.2. The fourth-order valence-corrected chi connectivity index (χ4v) is 2.44. The van der Waals surface area contributed by atoms with Crippen molar-refractivity contribution in [3.8, 4) is 0 Å². The van der Waals surface area contributed by atoms with Gasteiger partial charge in [0.05, 0.1) is 12.2 Å². The van der Waals surface area contributed by atoms with Gasteiger partial charge in [0.2, 0.25) is 0 Å². The van der Waals surface area contributed by atoms with Gasteiger partial charge in [0.15, 0.2) is 0 Å². The molecule has 4 heteroatoms. The predicted octanol–water partition coefficient (Wildman–Crippen LogP) is 3.92. The number of carbonyl (C=O) groups is 1. The molecule has 0 amide bonds. The fraction of sp³-hybridized carbons (Fsp3) is 0.286. The van der Waals surface area contributed by atoms with Crippen LogP contribution in [0.3, 0.4) is 0 Å². The molecule has 25 heavy (non-hydrogen) atoms. The minimum atomic E-state index is -0.309. The highest BCUT2D eigenvalue weighted by Crippen LogP contribution is 2.23. The van der Waals surface area contributed by atoms with Gasteiger partial charge in [-0.05, 0) is 48.4 Å². The Hall–Kier alpha value is -2.75. The van der Waals surface area contributed by atoms with Gasteiger partial charge in [-0.25, -0.2) is 4.79 Å². The van der Waals surface area contributed by atoms with Crippen molar-refractivity contribution in [3.63, 3.8) is 0 Å². The van der Waals surface area contributed by atoms with Crippen molar-refractivity contribution in [2.24, 2.45) is 0 Å². The molecule has 0 atom stereocenters. The topological polar surface area (TPSA) is 32.8 Å². The Morgan fingerprint density at radius 3 is 1.80 bits per heavy atom. The highest BCUT2D eigenvalue weighted by molar-refractivity contribution is 6.21. The van der Waals surface area contributed by atoms with Gasteiger partial charge in [-0.1, -0.05) is 24.3 Å². The van der Waals surface area contributed by atoms with Crippen LogP contribution in [-0.2, 0) is 9.53 Å². The number of carbonyl (C=O) groups excluding carboxylic acids is 1. The van der Waals surface area contributed by atoms with Crippen molar-refractivity contribution in [2.45, 2.75) is 6.92 Å². The molecular formula is C21H26N2O2. The lowest BCUT2D eigenvalue weighted by atomic mass is 10.0. The number of ether oxygens (including phenoxy) is 1. The quantitative estimate of drug-likeness (QED) is 0.454. The van der Waals surface area contributed by atoms with Crippen LogP contribution < -0.4 is 9.80 Å². The second-order valence-corrected chi connectivity index (χ2v) is 6.21. The molecule has 0 spiro atoms. The van der Waals surface area contributed by atoms with Gasteiger partial charge >= 0.3 is 5.97 Å². The standard InChI is InChI=1S/C21H26N2O2/c1-6-25-21(24)20(17-9-13-19(14-10-17)23(4)5)15-16-7-11-18(12-8-16)22(2)3/h7-15H,6H2,1-5H3/b20-15+. The van der Waals surface area contributed by atoms with Gasteiger partial charge in [-0.15, -0.1) is 0 Å². The van der Waals surface area contributed by atoms with Gasteiger partial charge in [-0.3, -0.25) is 0 Å². The molecule has 0 saturated heterocycles. The maximum Gasteiger partial charge on any atom is 0.338 e. The smallest absolute Gasteiger partial charge is 0.338 e. The minimum Gasteiger partial charge on any atom is -0.462 e. The highest BCUT2D eigenvalue weighted by Gasteiger charge is 2.13. The first-order valence-corrected chi connectivity index (χ1v) is 8.36. The average molecular weight is 338 g/mol. The molecule has 0 heterocycles. The van der Waals surface area contributed by atoms with Gasteiger partial charge in [0, 0.05) is 39.6 Å². The molecule has 0 bridgehead atoms. The second-order valence-electron chi connectivity index (χ2n) is 6.21. The lowest BCUT2D eigenvalue weighted by molar-refractivity contribution is -0.136. The molecule has 0 aliphatic heterocycles. The van der Waals surface area contributed by atoms with Crippen molar-refractivity contribution in [2.75, 3.05) is 44.6 Å². The number of rotatable bonds is 6. The molecule has 4 nitrogen and oxygen atoms in total. The molecule has 2 aromatic carbocycles. The van der Waals surface area contributed by atoms with Gasteiger partial charge in [0.1, 0.15) is 0 Å².